The van der Waals surface area contributed by atoms with E-state index in [0.29, 0.717) is 0 Å². The Hall–Kier alpha value is -0.900. The van der Waals surface area contributed by atoms with Crippen LogP contribution in [0.3, 0.4) is 0 Å². The summed E-state index contributed by atoms with van der Waals surface area (Å²) in [5.41, 5.74) is 2.74. The molecule has 0 aliphatic heterocycles. The molecule has 0 saturated heterocycles. The second-order valence-electron chi connectivity index (χ2n) is 4.23. The van der Waals surface area contributed by atoms with E-state index in [1.165, 1.54) is 11.1 Å². The predicted molar refractivity (Wildman–Crippen MR) is 72.5 cm³/mol. The van der Waals surface area contributed by atoms with Gasteiger partial charge in [-0.15, -0.1) is 0 Å². The normalized spacial score (nSPS) is 10.7. The smallest absolute Gasteiger partial charge is 0.0587 e. The SMILES string of the molecule is COCCNCCNCCc1cccc(C)c1. The zero-order chi connectivity index (χ0) is 12.3. The molecule has 1 rings (SSSR count). The quantitative estimate of drug-likeness (QED) is 0.635. The van der Waals surface area contributed by atoms with Crippen LogP contribution < -0.4 is 10.6 Å². The third kappa shape index (κ3) is 7.10. The number of nitrogens with one attached hydrogen (secondary N) is 2. The van der Waals surface area contributed by atoms with E-state index in [1.807, 2.05) is 0 Å². The Kier molecular flexibility index (Phi) is 7.63. The Bertz CT molecular complexity index is 302. The van der Waals surface area contributed by atoms with Crippen LogP contribution in [0.5, 0.6) is 0 Å². The number of hydrogen-bond acceptors (Lipinski definition) is 3. The molecule has 0 fully saturated rings. The minimum Gasteiger partial charge on any atom is -0.383 e. The molecule has 1 aromatic rings. The lowest BCUT2D eigenvalue weighted by molar-refractivity contribution is 0.199. The van der Waals surface area contributed by atoms with E-state index in [2.05, 4.69) is 41.8 Å². The van der Waals surface area contributed by atoms with Gasteiger partial charge in [0.05, 0.1) is 6.61 Å². The fourth-order valence-corrected chi connectivity index (χ4v) is 1.70. The molecule has 3 heteroatoms. The molecule has 0 amide bonds. The summed E-state index contributed by atoms with van der Waals surface area (Å²) in [6.07, 6.45) is 1.10. The summed E-state index contributed by atoms with van der Waals surface area (Å²) in [6, 6.07) is 8.69. The van der Waals surface area contributed by atoms with Gasteiger partial charge in [-0.1, -0.05) is 29.8 Å². The van der Waals surface area contributed by atoms with Gasteiger partial charge < -0.3 is 15.4 Å². The molecule has 3 nitrogen and oxygen atoms in total. The maximum atomic E-state index is 4.96. The van der Waals surface area contributed by atoms with E-state index in [4.69, 9.17) is 4.74 Å². The molecule has 0 aliphatic rings. The number of methoxy groups -OCH3 is 1. The monoisotopic (exact) mass is 236 g/mol. The lowest BCUT2D eigenvalue weighted by Gasteiger charge is -2.06. The molecule has 0 aromatic heterocycles. The zero-order valence-electron chi connectivity index (χ0n) is 11.0. The average molecular weight is 236 g/mol. The molecule has 0 spiro atoms. The molecular weight excluding hydrogens is 212 g/mol. The molecule has 0 radical (unpaired) electrons. The van der Waals surface area contributed by atoms with Crippen molar-refractivity contribution in [1.82, 2.24) is 10.6 Å². The highest BCUT2D eigenvalue weighted by molar-refractivity contribution is 5.22. The van der Waals surface area contributed by atoms with Gasteiger partial charge in [-0.3, -0.25) is 0 Å². The van der Waals surface area contributed by atoms with Crippen molar-refractivity contribution in [2.75, 3.05) is 39.9 Å². The summed E-state index contributed by atoms with van der Waals surface area (Å²) in [4.78, 5) is 0. The van der Waals surface area contributed by atoms with Crippen LogP contribution >= 0.6 is 0 Å². The molecule has 0 atom stereocenters. The molecule has 0 heterocycles. The van der Waals surface area contributed by atoms with Crippen LogP contribution in [0.25, 0.3) is 0 Å². The first-order chi connectivity index (χ1) is 8.33. The lowest BCUT2D eigenvalue weighted by Crippen LogP contribution is -2.30. The summed E-state index contributed by atoms with van der Waals surface area (Å²) in [5, 5.41) is 6.73. The van der Waals surface area contributed by atoms with Crippen LogP contribution in [0.4, 0.5) is 0 Å². The highest BCUT2D eigenvalue weighted by Crippen LogP contribution is 2.03. The third-order valence-corrected chi connectivity index (χ3v) is 2.63. The Balaban J connectivity index is 1.97. The van der Waals surface area contributed by atoms with Gasteiger partial charge in [-0.2, -0.15) is 0 Å². The second kappa shape index (κ2) is 9.16. The average Bonchev–Trinajstić information content (AvgIpc) is 2.33. The van der Waals surface area contributed by atoms with Crippen molar-refractivity contribution in [2.24, 2.45) is 0 Å². The van der Waals surface area contributed by atoms with Gasteiger partial charge in [0.2, 0.25) is 0 Å². The van der Waals surface area contributed by atoms with Gasteiger partial charge in [0.15, 0.2) is 0 Å². The first-order valence-corrected chi connectivity index (χ1v) is 6.29. The van der Waals surface area contributed by atoms with E-state index in [-0.39, 0.29) is 0 Å². The summed E-state index contributed by atoms with van der Waals surface area (Å²) in [5.74, 6) is 0. The Morgan fingerprint density at radius 3 is 2.53 bits per heavy atom. The first-order valence-electron chi connectivity index (χ1n) is 6.29. The Morgan fingerprint density at radius 1 is 1.06 bits per heavy atom. The summed E-state index contributed by atoms with van der Waals surface area (Å²) < 4.78 is 4.96. The van der Waals surface area contributed by atoms with Gasteiger partial charge in [-0.05, 0) is 25.5 Å². The van der Waals surface area contributed by atoms with Crippen LogP contribution in [0.15, 0.2) is 24.3 Å². The van der Waals surface area contributed by atoms with Crippen LogP contribution in [0.1, 0.15) is 11.1 Å². The van der Waals surface area contributed by atoms with Crippen molar-refractivity contribution < 1.29 is 4.74 Å². The largest absolute Gasteiger partial charge is 0.383 e. The highest BCUT2D eigenvalue weighted by atomic mass is 16.5. The zero-order valence-corrected chi connectivity index (χ0v) is 11.0. The maximum absolute atomic E-state index is 4.96. The number of rotatable bonds is 9. The van der Waals surface area contributed by atoms with Crippen LogP contribution in [0, 0.1) is 6.92 Å². The molecule has 96 valence electrons. The fraction of sp³-hybridized carbons (Fsp3) is 0.571. The van der Waals surface area contributed by atoms with Crippen molar-refractivity contribution in [3.63, 3.8) is 0 Å². The number of aryl methyl sites for hydroxylation is 1. The van der Waals surface area contributed by atoms with Crippen LogP contribution in [-0.4, -0.2) is 39.9 Å². The van der Waals surface area contributed by atoms with E-state index < -0.39 is 0 Å². The van der Waals surface area contributed by atoms with Crippen LogP contribution in [0.2, 0.25) is 0 Å². The van der Waals surface area contributed by atoms with Gasteiger partial charge in [0.25, 0.3) is 0 Å². The molecule has 2 N–H and O–H groups in total. The van der Waals surface area contributed by atoms with Gasteiger partial charge >= 0.3 is 0 Å². The van der Waals surface area contributed by atoms with Gasteiger partial charge in [-0.25, -0.2) is 0 Å². The van der Waals surface area contributed by atoms with Crippen molar-refractivity contribution in [3.05, 3.63) is 35.4 Å². The molecular formula is C14H24N2O. The van der Waals surface area contributed by atoms with E-state index >= 15 is 0 Å². The highest BCUT2D eigenvalue weighted by Gasteiger charge is 1.93. The van der Waals surface area contributed by atoms with Crippen molar-refractivity contribution >= 4 is 0 Å². The van der Waals surface area contributed by atoms with Gasteiger partial charge in [0, 0.05) is 26.7 Å². The van der Waals surface area contributed by atoms with Crippen molar-refractivity contribution in [2.45, 2.75) is 13.3 Å². The number of ether oxygens (including phenoxy) is 1. The predicted octanol–water partition coefficient (Wildman–Crippen LogP) is 1.36. The Morgan fingerprint density at radius 2 is 1.82 bits per heavy atom. The van der Waals surface area contributed by atoms with Gasteiger partial charge in [0.1, 0.15) is 0 Å². The molecule has 0 saturated carbocycles. The number of hydrogen-bond donors (Lipinski definition) is 2. The maximum Gasteiger partial charge on any atom is 0.0587 e. The minimum absolute atomic E-state index is 0.781. The first kappa shape index (κ1) is 14.2. The standard InChI is InChI=1S/C14H24N2O/c1-13-4-3-5-14(12-13)6-7-15-8-9-16-10-11-17-2/h3-5,12,15-16H,6-11H2,1-2H3. The summed E-state index contributed by atoms with van der Waals surface area (Å²) in [6.45, 7) is 6.89. The molecule has 0 aliphatic carbocycles. The van der Waals surface area contributed by atoms with E-state index in [1.54, 1.807) is 7.11 Å². The fourth-order valence-electron chi connectivity index (χ4n) is 1.70. The minimum atomic E-state index is 0.781. The molecule has 0 unspecified atom stereocenters. The summed E-state index contributed by atoms with van der Waals surface area (Å²) >= 11 is 0. The molecule has 0 bridgehead atoms. The molecule has 1 aromatic carbocycles. The topological polar surface area (TPSA) is 33.3 Å². The van der Waals surface area contributed by atoms with E-state index in [0.717, 1.165) is 39.2 Å². The van der Waals surface area contributed by atoms with Crippen LogP contribution in [-0.2, 0) is 11.2 Å². The van der Waals surface area contributed by atoms with Crippen molar-refractivity contribution in [3.8, 4) is 0 Å². The van der Waals surface area contributed by atoms with Crippen molar-refractivity contribution in [1.29, 1.82) is 0 Å². The summed E-state index contributed by atoms with van der Waals surface area (Å²) in [7, 11) is 1.72. The Labute approximate surface area is 105 Å². The third-order valence-electron chi connectivity index (χ3n) is 2.63. The second-order valence-corrected chi connectivity index (χ2v) is 4.23. The lowest BCUT2D eigenvalue weighted by atomic mass is 10.1. The molecule has 17 heavy (non-hydrogen) atoms. The van der Waals surface area contributed by atoms with E-state index in [9.17, 15) is 0 Å². The number of benzene rings is 1.